The van der Waals surface area contributed by atoms with Gasteiger partial charge in [-0.3, -0.25) is 9.59 Å². The predicted octanol–water partition coefficient (Wildman–Crippen LogP) is 7.63. The highest BCUT2D eigenvalue weighted by Crippen LogP contribution is 2.28. The predicted molar refractivity (Wildman–Crippen MR) is 185 cm³/mol. The fraction of sp³-hybridized carbons (Fsp3) is 0.162. The minimum atomic E-state index is -0.975. The molecule has 0 unspecified atom stereocenters. The van der Waals surface area contributed by atoms with E-state index < -0.39 is 5.97 Å². The zero-order chi connectivity index (χ0) is 32.6. The van der Waals surface area contributed by atoms with Crippen LogP contribution in [-0.2, 0) is 5.75 Å². The lowest BCUT2D eigenvalue weighted by Crippen LogP contribution is -2.29. The number of aromatic nitrogens is 2. The highest BCUT2D eigenvalue weighted by molar-refractivity contribution is 7.98. The standard InChI is InChI=1S/C37H33N5O4S/c43-35(27-12-7-9-25(19-27)24-47-31-14-8-13-28(20-31)37(45)46)41-33-16-15-30(42-17-5-2-6-18-42)21-32(33)36(44)40-29-22-38-34(39-23-29)26-10-3-1-4-11-26/h1,3-4,7-16,19-23H,2,5-6,17-18,24H2,(H,40,44)(H,41,43)(H,45,46). The second-order valence-electron chi connectivity index (χ2n) is 11.2. The van der Waals surface area contributed by atoms with Crippen molar-refractivity contribution in [2.24, 2.45) is 0 Å². The molecule has 0 saturated carbocycles. The van der Waals surface area contributed by atoms with Gasteiger partial charge in [-0.2, -0.15) is 0 Å². The van der Waals surface area contributed by atoms with E-state index in [1.807, 2.05) is 60.7 Å². The lowest BCUT2D eigenvalue weighted by atomic mass is 10.1. The summed E-state index contributed by atoms with van der Waals surface area (Å²) in [5.74, 6) is -0.604. The van der Waals surface area contributed by atoms with Gasteiger partial charge in [0, 0.05) is 40.6 Å². The number of amides is 2. The van der Waals surface area contributed by atoms with Gasteiger partial charge in [0.1, 0.15) is 0 Å². The number of aromatic carboxylic acids is 1. The van der Waals surface area contributed by atoms with Crippen molar-refractivity contribution in [1.29, 1.82) is 0 Å². The molecule has 0 radical (unpaired) electrons. The molecule has 1 saturated heterocycles. The maximum absolute atomic E-state index is 13.7. The van der Waals surface area contributed by atoms with Gasteiger partial charge in [0.05, 0.1) is 34.9 Å². The average Bonchev–Trinajstić information content (AvgIpc) is 3.12. The Hall–Kier alpha value is -5.48. The van der Waals surface area contributed by atoms with Gasteiger partial charge in [0.25, 0.3) is 11.8 Å². The van der Waals surface area contributed by atoms with Gasteiger partial charge >= 0.3 is 5.97 Å². The minimum Gasteiger partial charge on any atom is -0.478 e. The number of rotatable bonds is 10. The Balaban J connectivity index is 1.20. The van der Waals surface area contributed by atoms with Crippen LogP contribution in [0, 0.1) is 0 Å². The molecule has 5 aromatic rings. The first-order chi connectivity index (χ1) is 22.9. The van der Waals surface area contributed by atoms with Crippen molar-refractivity contribution in [2.45, 2.75) is 29.9 Å². The van der Waals surface area contributed by atoms with E-state index in [2.05, 4.69) is 25.5 Å². The maximum Gasteiger partial charge on any atom is 0.335 e. The van der Waals surface area contributed by atoms with Gasteiger partial charge < -0.3 is 20.6 Å². The number of thioether (sulfide) groups is 1. The van der Waals surface area contributed by atoms with E-state index in [1.165, 1.54) is 18.2 Å². The number of nitrogens with zero attached hydrogens (tertiary/aromatic N) is 3. The quantitative estimate of drug-likeness (QED) is 0.133. The zero-order valence-electron chi connectivity index (χ0n) is 25.6. The van der Waals surface area contributed by atoms with Crippen molar-refractivity contribution in [3.63, 3.8) is 0 Å². The molecular formula is C37H33N5O4S. The van der Waals surface area contributed by atoms with Crippen LogP contribution >= 0.6 is 11.8 Å². The van der Waals surface area contributed by atoms with Crippen LogP contribution in [0.5, 0.6) is 0 Å². The first-order valence-corrected chi connectivity index (χ1v) is 16.4. The largest absolute Gasteiger partial charge is 0.478 e. The summed E-state index contributed by atoms with van der Waals surface area (Å²) in [6.45, 7) is 1.82. The fourth-order valence-corrected chi connectivity index (χ4v) is 6.29. The van der Waals surface area contributed by atoms with Crippen molar-refractivity contribution >= 4 is 46.6 Å². The number of anilines is 3. The van der Waals surface area contributed by atoms with Crippen molar-refractivity contribution in [1.82, 2.24) is 9.97 Å². The van der Waals surface area contributed by atoms with Crippen LogP contribution in [0.1, 0.15) is 55.9 Å². The molecule has 9 nitrogen and oxygen atoms in total. The molecule has 10 heteroatoms. The summed E-state index contributed by atoms with van der Waals surface area (Å²) in [6.07, 6.45) is 6.50. The minimum absolute atomic E-state index is 0.228. The third kappa shape index (κ3) is 8.03. The molecular weight excluding hydrogens is 611 g/mol. The van der Waals surface area contributed by atoms with Gasteiger partial charge in [-0.1, -0.05) is 48.5 Å². The fourth-order valence-electron chi connectivity index (χ4n) is 5.39. The summed E-state index contributed by atoms with van der Waals surface area (Å²) in [5, 5.41) is 15.1. The highest BCUT2D eigenvalue weighted by Gasteiger charge is 2.19. The Morgan fingerprint density at radius 3 is 2.26 bits per heavy atom. The van der Waals surface area contributed by atoms with E-state index in [-0.39, 0.29) is 17.4 Å². The Morgan fingerprint density at radius 2 is 1.49 bits per heavy atom. The van der Waals surface area contributed by atoms with Crippen LogP contribution in [0.2, 0.25) is 0 Å². The molecule has 1 aromatic heterocycles. The number of nitrogens with one attached hydrogen (secondary N) is 2. The lowest BCUT2D eigenvalue weighted by Gasteiger charge is -2.29. The average molecular weight is 644 g/mol. The smallest absolute Gasteiger partial charge is 0.335 e. The van der Waals surface area contributed by atoms with Gasteiger partial charge in [0.15, 0.2) is 5.82 Å². The molecule has 47 heavy (non-hydrogen) atoms. The molecule has 2 amide bonds. The number of carbonyl (C=O) groups is 3. The van der Waals surface area contributed by atoms with E-state index in [9.17, 15) is 19.5 Å². The number of carbonyl (C=O) groups excluding carboxylic acids is 2. The first-order valence-electron chi connectivity index (χ1n) is 15.4. The number of carboxylic acids is 1. The number of hydrogen-bond acceptors (Lipinski definition) is 7. The monoisotopic (exact) mass is 643 g/mol. The molecule has 3 N–H and O–H groups in total. The molecule has 1 aliphatic heterocycles. The lowest BCUT2D eigenvalue weighted by molar-refractivity contribution is 0.0696. The van der Waals surface area contributed by atoms with E-state index in [1.54, 1.807) is 48.8 Å². The summed E-state index contributed by atoms with van der Waals surface area (Å²) >= 11 is 1.49. The molecule has 4 aromatic carbocycles. The van der Waals surface area contributed by atoms with Crippen LogP contribution in [0.4, 0.5) is 17.1 Å². The second-order valence-corrected chi connectivity index (χ2v) is 12.2. The highest BCUT2D eigenvalue weighted by atomic mass is 32.2. The third-order valence-electron chi connectivity index (χ3n) is 7.83. The van der Waals surface area contributed by atoms with Gasteiger partial charge in [-0.25, -0.2) is 14.8 Å². The van der Waals surface area contributed by atoms with Crippen molar-refractivity contribution in [3.8, 4) is 11.4 Å². The Labute approximate surface area is 277 Å². The molecule has 0 bridgehead atoms. The van der Waals surface area contributed by atoms with Crippen LogP contribution < -0.4 is 15.5 Å². The number of piperidine rings is 1. The van der Waals surface area contributed by atoms with E-state index >= 15 is 0 Å². The molecule has 6 rings (SSSR count). The molecule has 1 fully saturated rings. The molecule has 0 spiro atoms. The van der Waals surface area contributed by atoms with Crippen LogP contribution in [0.25, 0.3) is 11.4 Å². The van der Waals surface area contributed by atoms with Gasteiger partial charge in [-0.05, 0) is 73.4 Å². The van der Waals surface area contributed by atoms with Gasteiger partial charge in [-0.15, -0.1) is 11.8 Å². The molecule has 1 aliphatic rings. The topological polar surface area (TPSA) is 125 Å². The summed E-state index contributed by atoms with van der Waals surface area (Å²) < 4.78 is 0. The second kappa shape index (κ2) is 14.7. The maximum atomic E-state index is 13.7. The summed E-state index contributed by atoms with van der Waals surface area (Å²) in [6, 6.07) is 29.2. The molecule has 2 heterocycles. The van der Waals surface area contributed by atoms with E-state index in [0.717, 1.165) is 47.6 Å². The summed E-state index contributed by atoms with van der Waals surface area (Å²) in [5.41, 5.74) is 4.54. The summed E-state index contributed by atoms with van der Waals surface area (Å²) in [7, 11) is 0. The normalized spacial score (nSPS) is 12.7. The van der Waals surface area contributed by atoms with E-state index in [4.69, 9.17) is 0 Å². The Bertz CT molecular complexity index is 1890. The van der Waals surface area contributed by atoms with Crippen LogP contribution in [0.15, 0.2) is 114 Å². The Kier molecular flexibility index (Phi) is 9.88. The number of benzene rings is 4. The van der Waals surface area contributed by atoms with E-state index in [0.29, 0.717) is 34.1 Å². The SMILES string of the molecule is O=C(O)c1cccc(SCc2cccc(C(=O)Nc3ccc(N4CCCCC4)cc3C(=O)Nc3cnc(-c4ccccc4)nc3)c2)c1. The molecule has 0 atom stereocenters. The number of carboxylic acid groups (broad SMARTS) is 1. The van der Waals surface area contributed by atoms with Crippen LogP contribution in [-0.4, -0.2) is 45.9 Å². The summed E-state index contributed by atoms with van der Waals surface area (Å²) in [4.78, 5) is 50.5. The van der Waals surface area contributed by atoms with Crippen molar-refractivity contribution in [2.75, 3.05) is 28.6 Å². The van der Waals surface area contributed by atoms with Gasteiger partial charge in [0.2, 0.25) is 0 Å². The van der Waals surface area contributed by atoms with Crippen molar-refractivity contribution in [3.05, 3.63) is 132 Å². The van der Waals surface area contributed by atoms with Crippen LogP contribution in [0.3, 0.4) is 0 Å². The third-order valence-corrected chi connectivity index (χ3v) is 8.90. The number of hydrogen-bond donors (Lipinski definition) is 3. The zero-order valence-corrected chi connectivity index (χ0v) is 26.4. The first kappa shape index (κ1) is 31.5. The van der Waals surface area contributed by atoms with Crippen molar-refractivity contribution < 1.29 is 19.5 Å². The molecule has 236 valence electrons. The Morgan fingerprint density at radius 1 is 0.745 bits per heavy atom. The molecule has 0 aliphatic carbocycles.